The molecule has 0 saturated carbocycles. The maximum atomic E-state index is 12.1. The second-order valence-corrected chi connectivity index (χ2v) is 6.96. The average Bonchev–Trinajstić information content (AvgIpc) is 3.13. The Hall–Kier alpha value is -3.17. The third kappa shape index (κ3) is 4.96. The summed E-state index contributed by atoms with van der Waals surface area (Å²) in [5.74, 6) is -0.0346. The van der Waals surface area contributed by atoms with Gasteiger partial charge < -0.3 is 15.2 Å². The first-order chi connectivity index (χ1) is 13.4. The number of carbonyl (C=O) groups excluding carboxylic acids is 1. The average molecular weight is 420 g/mol. The molecule has 10 heteroatoms. The van der Waals surface area contributed by atoms with E-state index in [2.05, 4.69) is 4.98 Å². The molecule has 0 amide bonds. The Bertz CT molecular complexity index is 1010. The van der Waals surface area contributed by atoms with Gasteiger partial charge in [0.05, 0.1) is 16.2 Å². The standard InChI is InChI=1S/C18H14ClN3O5S/c19-12-2-4-14(5-3-12)26-9-17-21-13(10-28-17)8-27-18(23)11-1-6-15(20)16(7-11)22(24)25/h1-7,10H,8-9,20H2. The van der Waals surface area contributed by atoms with E-state index in [-0.39, 0.29) is 30.2 Å². The van der Waals surface area contributed by atoms with Crippen molar-refractivity contribution in [1.29, 1.82) is 0 Å². The zero-order chi connectivity index (χ0) is 20.1. The number of nitrogens with zero attached hydrogens (tertiary/aromatic N) is 2. The number of nitro groups is 1. The summed E-state index contributed by atoms with van der Waals surface area (Å²) in [7, 11) is 0. The van der Waals surface area contributed by atoms with Crippen LogP contribution in [0.2, 0.25) is 5.02 Å². The Morgan fingerprint density at radius 3 is 2.68 bits per heavy atom. The highest BCUT2D eigenvalue weighted by Gasteiger charge is 2.17. The monoisotopic (exact) mass is 419 g/mol. The predicted molar refractivity (Wildman–Crippen MR) is 105 cm³/mol. The highest BCUT2D eigenvalue weighted by Crippen LogP contribution is 2.23. The number of halogens is 1. The number of hydrogen-bond acceptors (Lipinski definition) is 8. The van der Waals surface area contributed by atoms with Gasteiger partial charge >= 0.3 is 5.97 Å². The van der Waals surface area contributed by atoms with Gasteiger partial charge in [-0.1, -0.05) is 11.6 Å². The lowest BCUT2D eigenvalue weighted by Gasteiger charge is -2.04. The lowest BCUT2D eigenvalue weighted by atomic mass is 10.2. The molecular formula is C18H14ClN3O5S. The zero-order valence-electron chi connectivity index (χ0n) is 14.3. The van der Waals surface area contributed by atoms with E-state index in [9.17, 15) is 14.9 Å². The molecule has 0 spiro atoms. The molecule has 0 unspecified atom stereocenters. The Morgan fingerprint density at radius 1 is 1.21 bits per heavy atom. The van der Waals surface area contributed by atoms with Gasteiger partial charge in [0.25, 0.3) is 5.69 Å². The van der Waals surface area contributed by atoms with Crippen molar-refractivity contribution in [2.45, 2.75) is 13.2 Å². The van der Waals surface area contributed by atoms with Gasteiger partial charge in [-0.25, -0.2) is 9.78 Å². The third-order valence-corrected chi connectivity index (χ3v) is 4.71. The van der Waals surface area contributed by atoms with Crippen molar-refractivity contribution in [3.8, 4) is 5.75 Å². The molecule has 0 radical (unpaired) electrons. The van der Waals surface area contributed by atoms with Crippen LogP contribution in [0.1, 0.15) is 21.1 Å². The summed E-state index contributed by atoms with van der Waals surface area (Å²) >= 11 is 7.19. The molecule has 0 aliphatic carbocycles. The topological polar surface area (TPSA) is 118 Å². The Labute approximate surface area is 168 Å². The van der Waals surface area contributed by atoms with Crippen molar-refractivity contribution >= 4 is 40.3 Å². The van der Waals surface area contributed by atoms with Crippen molar-refractivity contribution in [1.82, 2.24) is 4.98 Å². The van der Waals surface area contributed by atoms with Gasteiger partial charge in [0.15, 0.2) is 0 Å². The molecule has 0 fully saturated rings. The van der Waals surface area contributed by atoms with Gasteiger partial charge in [-0.05, 0) is 36.4 Å². The van der Waals surface area contributed by atoms with Gasteiger partial charge in [-0.2, -0.15) is 0 Å². The van der Waals surface area contributed by atoms with Crippen molar-refractivity contribution in [2.75, 3.05) is 5.73 Å². The molecule has 3 rings (SSSR count). The van der Waals surface area contributed by atoms with Crippen LogP contribution in [0.3, 0.4) is 0 Å². The first kappa shape index (κ1) is 19.6. The summed E-state index contributed by atoms with van der Waals surface area (Å²) in [6.45, 7) is 0.207. The fourth-order valence-electron chi connectivity index (χ4n) is 2.21. The van der Waals surface area contributed by atoms with Crippen molar-refractivity contribution in [3.63, 3.8) is 0 Å². The number of nitrogens with two attached hydrogens (primary N) is 1. The van der Waals surface area contributed by atoms with Crippen molar-refractivity contribution in [2.24, 2.45) is 0 Å². The highest BCUT2D eigenvalue weighted by atomic mass is 35.5. The number of carbonyl (C=O) groups is 1. The minimum atomic E-state index is -0.699. The van der Waals surface area contributed by atoms with Crippen molar-refractivity contribution < 1.29 is 19.2 Å². The highest BCUT2D eigenvalue weighted by molar-refractivity contribution is 7.09. The molecule has 8 nitrogen and oxygen atoms in total. The van der Waals surface area contributed by atoms with Gasteiger partial charge in [-0.15, -0.1) is 11.3 Å². The first-order valence-corrected chi connectivity index (χ1v) is 9.21. The second kappa shape index (κ2) is 8.68. The van der Waals surface area contributed by atoms with Crippen LogP contribution in [0.25, 0.3) is 0 Å². The molecule has 2 N–H and O–H groups in total. The molecular weight excluding hydrogens is 406 g/mol. The number of aromatic nitrogens is 1. The first-order valence-electron chi connectivity index (χ1n) is 7.95. The number of ether oxygens (including phenoxy) is 2. The number of anilines is 1. The second-order valence-electron chi connectivity index (χ2n) is 5.58. The van der Waals surface area contributed by atoms with Crippen LogP contribution in [0.4, 0.5) is 11.4 Å². The summed E-state index contributed by atoms with van der Waals surface area (Å²) in [5, 5.41) is 14.0. The van der Waals surface area contributed by atoms with E-state index in [4.69, 9.17) is 26.8 Å². The van der Waals surface area contributed by atoms with Gasteiger partial charge in [-0.3, -0.25) is 10.1 Å². The number of hydrogen-bond donors (Lipinski definition) is 1. The maximum absolute atomic E-state index is 12.1. The Morgan fingerprint density at radius 2 is 1.96 bits per heavy atom. The summed E-state index contributed by atoms with van der Waals surface area (Å²) in [5.41, 5.74) is 5.75. The fourth-order valence-corrected chi connectivity index (χ4v) is 3.02. The third-order valence-electron chi connectivity index (χ3n) is 3.59. The van der Waals surface area contributed by atoms with Crippen molar-refractivity contribution in [3.05, 3.63) is 79.2 Å². The number of esters is 1. The molecule has 0 atom stereocenters. The number of thiazole rings is 1. The molecule has 0 bridgehead atoms. The fraction of sp³-hybridized carbons (Fsp3) is 0.111. The zero-order valence-corrected chi connectivity index (χ0v) is 15.9. The van der Waals surface area contributed by atoms with Crippen LogP contribution in [0.15, 0.2) is 47.8 Å². The van der Waals surface area contributed by atoms with E-state index < -0.39 is 10.9 Å². The summed E-state index contributed by atoms with van der Waals surface area (Å²) in [4.78, 5) is 26.7. The molecule has 2 aromatic carbocycles. The molecule has 3 aromatic rings. The van der Waals surface area contributed by atoms with Gasteiger partial charge in [0.1, 0.15) is 29.7 Å². The van der Waals surface area contributed by atoms with Crippen LogP contribution in [0.5, 0.6) is 5.75 Å². The number of benzene rings is 2. The SMILES string of the molecule is Nc1ccc(C(=O)OCc2csc(COc3ccc(Cl)cc3)n2)cc1[N+](=O)[O-]. The van der Waals surface area contributed by atoms with Crippen LogP contribution in [-0.2, 0) is 18.0 Å². The number of nitro benzene ring substituents is 1. The minimum Gasteiger partial charge on any atom is -0.486 e. The molecule has 144 valence electrons. The minimum absolute atomic E-state index is 0.0219. The van der Waals surface area contributed by atoms with E-state index in [0.29, 0.717) is 21.5 Å². The van der Waals surface area contributed by atoms with Crippen LogP contribution in [0, 0.1) is 10.1 Å². The van der Waals surface area contributed by atoms with Gasteiger partial charge in [0, 0.05) is 16.5 Å². The van der Waals surface area contributed by atoms with E-state index in [1.54, 1.807) is 29.6 Å². The van der Waals surface area contributed by atoms with E-state index in [1.807, 2.05) is 0 Å². The Balaban J connectivity index is 1.55. The lowest BCUT2D eigenvalue weighted by molar-refractivity contribution is -0.383. The lowest BCUT2D eigenvalue weighted by Crippen LogP contribution is -2.07. The molecule has 1 aromatic heterocycles. The molecule has 0 aliphatic rings. The summed E-state index contributed by atoms with van der Waals surface area (Å²) < 4.78 is 10.8. The van der Waals surface area contributed by atoms with E-state index in [1.165, 1.54) is 23.5 Å². The summed E-state index contributed by atoms with van der Waals surface area (Å²) in [6.07, 6.45) is 0. The largest absolute Gasteiger partial charge is 0.486 e. The van der Waals surface area contributed by atoms with Crippen LogP contribution < -0.4 is 10.5 Å². The van der Waals surface area contributed by atoms with Gasteiger partial charge in [0.2, 0.25) is 0 Å². The maximum Gasteiger partial charge on any atom is 0.338 e. The predicted octanol–water partition coefficient (Wildman–Crippen LogP) is 4.22. The smallest absolute Gasteiger partial charge is 0.338 e. The number of nitrogen functional groups attached to an aromatic ring is 1. The van der Waals surface area contributed by atoms with E-state index >= 15 is 0 Å². The normalized spacial score (nSPS) is 10.5. The van der Waals surface area contributed by atoms with Crippen LogP contribution in [-0.4, -0.2) is 15.9 Å². The van der Waals surface area contributed by atoms with E-state index in [0.717, 1.165) is 6.07 Å². The summed E-state index contributed by atoms with van der Waals surface area (Å²) in [6, 6.07) is 10.7. The van der Waals surface area contributed by atoms with Crippen LogP contribution >= 0.6 is 22.9 Å². The molecule has 28 heavy (non-hydrogen) atoms. The molecule has 1 heterocycles. The molecule has 0 aliphatic heterocycles. The Kier molecular flexibility index (Phi) is 6.07. The quantitative estimate of drug-likeness (QED) is 0.263. The number of rotatable bonds is 7. The molecule has 0 saturated heterocycles.